The van der Waals surface area contributed by atoms with Crippen molar-refractivity contribution in [1.82, 2.24) is 0 Å². The summed E-state index contributed by atoms with van der Waals surface area (Å²) in [6.45, 7) is 6.29. The molecule has 0 heterocycles. The number of hydrogen-bond donors (Lipinski definition) is 0. The van der Waals surface area contributed by atoms with Crippen molar-refractivity contribution in [3.05, 3.63) is 158 Å². The van der Waals surface area contributed by atoms with Crippen LogP contribution in [0.5, 0.6) is 0 Å². The zero-order valence-corrected chi connectivity index (χ0v) is 46.6. The lowest BCUT2D eigenvalue weighted by atomic mass is 10.1. The van der Waals surface area contributed by atoms with E-state index in [-0.39, 0.29) is 37.5 Å². The van der Waals surface area contributed by atoms with Crippen LogP contribution in [0.1, 0.15) is 226 Å². The molecule has 0 aliphatic carbocycles. The Morgan fingerprint density at radius 1 is 0.288 bits per heavy atom. The van der Waals surface area contributed by atoms with Crippen LogP contribution in [-0.2, 0) is 28.6 Å². The van der Waals surface area contributed by atoms with Crippen LogP contribution in [0, 0.1) is 0 Å². The standard InChI is InChI=1S/C67H104O6/c1-4-7-10-13-16-19-22-25-28-31-33-36-38-41-44-47-50-53-56-59-65(68)71-62-64(73-67(70)61-58-55-52-49-46-43-40-35-30-27-24-21-18-15-12-9-6-3)63-72-66(69)60-57-54-51-48-45-42-39-37-34-32-29-26-23-20-17-14-11-8-5-2/h7-8,10-11,16-21,25-30,33-34,36-37,40-45,64H,4-6,9,12-15,22-24,31-32,35,38-39,46-63H2,1-3H3/b10-7-,11-8-,19-16-,20-17-,21-18-,28-25-,29-26-,30-27-,36-33-,37-34-,43-40-,44-41-,45-42-. The number of hydrogen-bond acceptors (Lipinski definition) is 6. The molecule has 0 aliphatic heterocycles. The van der Waals surface area contributed by atoms with E-state index in [1.807, 2.05) is 0 Å². The molecule has 6 nitrogen and oxygen atoms in total. The molecule has 0 bridgehead atoms. The monoisotopic (exact) mass is 1000 g/mol. The SMILES string of the molecule is CC/C=C\C/C=C\C/C=C\C/C=C\C/C=C\CCCCCC(=O)OCC(COC(=O)CCCCC/C=C\C/C=C\C/C=C\C/C=C\C/C=C\CC)OC(=O)CCCCCC/C=C\C/C=C\C/C=C\CCCCC. The Morgan fingerprint density at radius 2 is 0.534 bits per heavy atom. The first-order valence-corrected chi connectivity index (χ1v) is 29.0. The second kappa shape index (κ2) is 59.6. The van der Waals surface area contributed by atoms with E-state index in [4.69, 9.17) is 14.2 Å². The van der Waals surface area contributed by atoms with Gasteiger partial charge in [-0.05, 0) is 148 Å². The lowest BCUT2D eigenvalue weighted by Gasteiger charge is -2.18. The van der Waals surface area contributed by atoms with Gasteiger partial charge in [-0.3, -0.25) is 14.4 Å². The largest absolute Gasteiger partial charge is 0.462 e. The Balaban J connectivity index is 4.59. The van der Waals surface area contributed by atoms with Gasteiger partial charge in [0.05, 0.1) is 0 Å². The van der Waals surface area contributed by atoms with Gasteiger partial charge in [-0.1, -0.05) is 217 Å². The molecule has 0 aromatic rings. The Morgan fingerprint density at radius 3 is 0.836 bits per heavy atom. The van der Waals surface area contributed by atoms with Gasteiger partial charge in [-0.2, -0.15) is 0 Å². The molecule has 0 radical (unpaired) electrons. The van der Waals surface area contributed by atoms with Gasteiger partial charge in [0.2, 0.25) is 0 Å². The van der Waals surface area contributed by atoms with Crippen molar-refractivity contribution in [3.8, 4) is 0 Å². The maximum absolute atomic E-state index is 12.9. The molecule has 0 saturated carbocycles. The first kappa shape index (κ1) is 68.0. The second-order valence-electron chi connectivity index (χ2n) is 18.4. The maximum atomic E-state index is 12.9. The third kappa shape index (κ3) is 57.8. The summed E-state index contributed by atoms with van der Waals surface area (Å²) in [6.07, 6.45) is 86.5. The number of unbranched alkanes of at least 4 members (excludes halogenated alkanes) is 13. The number of allylic oxidation sites excluding steroid dienone is 26. The normalized spacial score (nSPS) is 12.9. The summed E-state index contributed by atoms with van der Waals surface area (Å²) >= 11 is 0. The molecular weight excluding hydrogens is 901 g/mol. The Labute approximate surface area is 448 Å². The van der Waals surface area contributed by atoms with E-state index >= 15 is 0 Å². The van der Waals surface area contributed by atoms with Crippen molar-refractivity contribution in [2.75, 3.05) is 13.2 Å². The average molecular weight is 1010 g/mol. The predicted octanol–water partition coefficient (Wildman–Crippen LogP) is 19.8. The Bertz CT molecular complexity index is 1590. The minimum absolute atomic E-state index is 0.123. The Hall–Kier alpha value is -4.97. The number of esters is 3. The lowest BCUT2D eigenvalue weighted by molar-refractivity contribution is -0.167. The van der Waals surface area contributed by atoms with Crippen molar-refractivity contribution in [3.63, 3.8) is 0 Å². The van der Waals surface area contributed by atoms with Gasteiger partial charge >= 0.3 is 17.9 Å². The van der Waals surface area contributed by atoms with Gasteiger partial charge in [0, 0.05) is 19.3 Å². The van der Waals surface area contributed by atoms with E-state index in [1.54, 1.807) is 0 Å². The molecule has 0 N–H and O–H groups in total. The van der Waals surface area contributed by atoms with Gasteiger partial charge in [0.1, 0.15) is 13.2 Å². The summed E-state index contributed by atoms with van der Waals surface area (Å²) < 4.78 is 16.8. The van der Waals surface area contributed by atoms with Crippen LogP contribution in [-0.4, -0.2) is 37.2 Å². The third-order valence-corrected chi connectivity index (χ3v) is 11.5. The summed E-state index contributed by atoms with van der Waals surface area (Å²) in [6, 6.07) is 0. The van der Waals surface area contributed by atoms with Crippen molar-refractivity contribution in [1.29, 1.82) is 0 Å². The van der Waals surface area contributed by atoms with Gasteiger partial charge < -0.3 is 14.2 Å². The molecule has 0 unspecified atom stereocenters. The molecule has 0 saturated heterocycles. The van der Waals surface area contributed by atoms with Gasteiger partial charge in [0.15, 0.2) is 6.10 Å². The molecule has 6 heteroatoms. The topological polar surface area (TPSA) is 78.9 Å². The van der Waals surface area contributed by atoms with Crippen LogP contribution in [0.3, 0.4) is 0 Å². The molecule has 0 spiro atoms. The fraction of sp³-hybridized carbons (Fsp3) is 0.567. The number of ether oxygens (including phenoxy) is 3. The van der Waals surface area contributed by atoms with Crippen LogP contribution in [0.25, 0.3) is 0 Å². The fourth-order valence-electron chi connectivity index (χ4n) is 7.21. The van der Waals surface area contributed by atoms with Crippen molar-refractivity contribution >= 4 is 17.9 Å². The minimum atomic E-state index is -0.827. The van der Waals surface area contributed by atoms with Crippen molar-refractivity contribution in [2.24, 2.45) is 0 Å². The van der Waals surface area contributed by atoms with E-state index in [0.717, 1.165) is 161 Å². The highest BCUT2D eigenvalue weighted by Crippen LogP contribution is 2.12. The molecule has 0 aliphatic rings. The quantitative estimate of drug-likeness (QED) is 0.0261. The highest BCUT2D eigenvalue weighted by atomic mass is 16.6. The van der Waals surface area contributed by atoms with E-state index in [1.165, 1.54) is 25.7 Å². The summed E-state index contributed by atoms with van der Waals surface area (Å²) in [5.74, 6) is -1.01. The molecular formula is C67H104O6. The summed E-state index contributed by atoms with van der Waals surface area (Å²) in [7, 11) is 0. The molecule has 0 rings (SSSR count). The molecule has 0 atom stereocenters. The maximum Gasteiger partial charge on any atom is 0.306 e. The summed E-state index contributed by atoms with van der Waals surface area (Å²) in [4.78, 5) is 38.2. The summed E-state index contributed by atoms with van der Waals surface area (Å²) in [5.41, 5.74) is 0. The predicted molar refractivity (Wildman–Crippen MR) is 315 cm³/mol. The van der Waals surface area contributed by atoms with Crippen LogP contribution in [0.2, 0.25) is 0 Å². The highest BCUT2D eigenvalue weighted by molar-refractivity contribution is 5.71. The summed E-state index contributed by atoms with van der Waals surface area (Å²) in [5, 5.41) is 0. The number of carbonyl (C=O) groups excluding carboxylic acids is 3. The molecule has 0 aromatic carbocycles. The number of carbonyl (C=O) groups is 3. The zero-order chi connectivity index (χ0) is 52.9. The molecule has 0 fully saturated rings. The second-order valence-corrected chi connectivity index (χ2v) is 18.4. The lowest BCUT2D eigenvalue weighted by Crippen LogP contribution is -2.30. The van der Waals surface area contributed by atoms with Crippen LogP contribution < -0.4 is 0 Å². The molecule has 73 heavy (non-hydrogen) atoms. The average Bonchev–Trinajstić information content (AvgIpc) is 3.39. The van der Waals surface area contributed by atoms with Crippen molar-refractivity contribution in [2.45, 2.75) is 232 Å². The van der Waals surface area contributed by atoms with Gasteiger partial charge in [0.25, 0.3) is 0 Å². The van der Waals surface area contributed by atoms with E-state index < -0.39 is 6.10 Å². The van der Waals surface area contributed by atoms with Crippen LogP contribution in [0.4, 0.5) is 0 Å². The fourth-order valence-corrected chi connectivity index (χ4v) is 7.21. The van der Waals surface area contributed by atoms with Gasteiger partial charge in [-0.25, -0.2) is 0 Å². The molecule has 408 valence electrons. The molecule has 0 amide bonds. The first-order chi connectivity index (χ1) is 36.0. The van der Waals surface area contributed by atoms with E-state index in [0.29, 0.717) is 12.8 Å². The van der Waals surface area contributed by atoms with Crippen LogP contribution in [0.15, 0.2) is 158 Å². The Kier molecular flexibility index (Phi) is 55.5. The number of rotatable bonds is 50. The molecule has 0 aromatic heterocycles. The van der Waals surface area contributed by atoms with Crippen LogP contribution >= 0.6 is 0 Å². The van der Waals surface area contributed by atoms with Crippen molar-refractivity contribution < 1.29 is 28.6 Å². The van der Waals surface area contributed by atoms with E-state index in [2.05, 4.69) is 179 Å². The smallest absolute Gasteiger partial charge is 0.306 e. The minimum Gasteiger partial charge on any atom is -0.462 e. The first-order valence-electron chi connectivity index (χ1n) is 29.0. The third-order valence-electron chi connectivity index (χ3n) is 11.5. The zero-order valence-electron chi connectivity index (χ0n) is 46.6. The van der Waals surface area contributed by atoms with E-state index in [9.17, 15) is 14.4 Å². The highest BCUT2D eigenvalue weighted by Gasteiger charge is 2.19. The van der Waals surface area contributed by atoms with Gasteiger partial charge in [-0.15, -0.1) is 0 Å².